The number of hydrogen-bond acceptors (Lipinski definition) is 1. The molecule has 0 saturated heterocycles. The smallest absolute Gasteiger partial charge is 0.228 e. The highest BCUT2D eigenvalue weighted by Crippen LogP contribution is 2.67. The largest absolute Gasteiger partial charge is 0.284 e. The minimum atomic E-state index is 0.113. The summed E-state index contributed by atoms with van der Waals surface area (Å²) in [4.78, 5) is 13.8. The van der Waals surface area contributed by atoms with Crippen LogP contribution in [0.25, 0.3) is 0 Å². The minimum Gasteiger partial charge on any atom is -0.284 e. The van der Waals surface area contributed by atoms with E-state index in [1.165, 1.54) is 11.3 Å². The van der Waals surface area contributed by atoms with Gasteiger partial charge in [0.05, 0.1) is 5.69 Å². The molecule has 2 aliphatic carbocycles. The molecule has 17 heavy (non-hydrogen) atoms. The topological polar surface area (TPSA) is 20.3 Å². The molecule has 3 aliphatic rings. The lowest BCUT2D eigenvalue weighted by Gasteiger charge is -2.21. The molecule has 2 atom stereocenters. The first-order chi connectivity index (χ1) is 8.25. The van der Waals surface area contributed by atoms with Gasteiger partial charge in [0.1, 0.15) is 0 Å². The minimum absolute atomic E-state index is 0.113. The lowest BCUT2D eigenvalue weighted by Crippen LogP contribution is -2.28. The Hall–Kier alpha value is -1.83. The summed E-state index contributed by atoms with van der Waals surface area (Å²) in [5, 5.41) is 0. The van der Waals surface area contributed by atoms with Crippen molar-refractivity contribution in [2.24, 2.45) is 5.92 Å². The second-order valence-electron chi connectivity index (χ2n) is 5.09. The van der Waals surface area contributed by atoms with E-state index in [0.29, 0.717) is 5.92 Å². The zero-order chi connectivity index (χ0) is 11.6. The first kappa shape index (κ1) is 9.23. The molecule has 2 unspecified atom stereocenters. The first-order valence-electron chi connectivity index (χ1n) is 6.04. The van der Waals surface area contributed by atoms with Crippen LogP contribution in [-0.4, -0.2) is 5.91 Å². The summed E-state index contributed by atoms with van der Waals surface area (Å²) < 4.78 is 0. The van der Waals surface area contributed by atoms with E-state index in [4.69, 9.17) is 0 Å². The lowest BCUT2D eigenvalue weighted by atomic mass is 9.90. The predicted octanol–water partition coefficient (Wildman–Crippen LogP) is 2.76. The van der Waals surface area contributed by atoms with Gasteiger partial charge in [-0.3, -0.25) is 9.69 Å². The fourth-order valence-electron chi connectivity index (χ4n) is 3.48. The number of carbonyl (C=O) groups excluding carboxylic acids is 1. The van der Waals surface area contributed by atoms with Crippen LogP contribution in [0.1, 0.15) is 18.9 Å². The van der Waals surface area contributed by atoms with Gasteiger partial charge in [-0.25, -0.2) is 0 Å². The van der Waals surface area contributed by atoms with Gasteiger partial charge in [-0.05, 0) is 30.0 Å². The molecule has 0 aromatic heterocycles. The monoisotopic (exact) mass is 223 g/mol. The highest BCUT2D eigenvalue weighted by atomic mass is 16.2. The highest BCUT2D eigenvalue weighted by molar-refractivity contribution is 6.00. The lowest BCUT2D eigenvalue weighted by molar-refractivity contribution is -0.116. The quantitative estimate of drug-likeness (QED) is 0.662. The third-order valence-electron chi connectivity index (χ3n) is 4.25. The Morgan fingerprint density at radius 1 is 1.41 bits per heavy atom. The Kier molecular flexibility index (Phi) is 1.47. The molecular formula is C15H13NO. The molecule has 0 radical (unpaired) electrons. The second-order valence-corrected chi connectivity index (χ2v) is 5.09. The van der Waals surface area contributed by atoms with Gasteiger partial charge in [0.25, 0.3) is 0 Å². The van der Waals surface area contributed by atoms with Crippen molar-refractivity contribution in [1.82, 2.24) is 0 Å². The third kappa shape index (κ3) is 0.904. The zero-order valence-corrected chi connectivity index (χ0v) is 9.68. The van der Waals surface area contributed by atoms with Gasteiger partial charge in [-0.2, -0.15) is 0 Å². The molecule has 2 nitrogen and oxygen atoms in total. The molecule has 4 rings (SSSR count). The van der Waals surface area contributed by atoms with E-state index in [2.05, 4.69) is 36.4 Å². The van der Waals surface area contributed by atoms with Crippen molar-refractivity contribution in [2.75, 3.05) is 4.90 Å². The van der Waals surface area contributed by atoms with Crippen molar-refractivity contribution in [3.05, 3.63) is 53.8 Å². The third-order valence-corrected chi connectivity index (χ3v) is 4.25. The van der Waals surface area contributed by atoms with Gasteiger partial charge < -0.3 is 0 Å². The molecule has 1 aliphatic heterocycles. The van der Waals surface area contributed by atoms with Crippen molar-refractivity contribution in [2.45, 2.75) is 18.8 Å². The number of amides is 1. The number of hydrogen-bond donors (Lipinski definition) is 0. The molecule has 1 heterocycles. The van der Waals surface area contributed by atoms with Crippen LogP contribution < -0.4 is 4.90 Å². The molecule has 2 heteroatoms. The molecule has 1 aromatic rings. The fourth-order valence-corrected chi connectivity index (χ4v) is 3.48. The Morgan fingerprint density at radius 3 is 3.06 bits per heavy atom. The van der Waals surface area contributed by atoms with Crippen LogP contribution in [0.3, 0.4) is 0 Å². The maximum atomic E-state index is 11.9. The summed E-state index contributed by atoms with van der Waals surface area (Å²) in [6.45, 7) is 1.65. The highest BCUT2D eigenvalue weighted by Gasteiger charge is 2.63. The summed E-state index contributed by atoms with van der Waals surface area (Å²) >= 11 is 0. The van der Waals surface area contributed by atoms with Crippen LogP contribution in [0.5, 0.6) is 0 Å². The molecule has 1 fully saturated rings. The summed E-state index contributed by atoms with van der Waals surface area (Å²) in [6, 6.07) is 8.31. The fraction of sp³-hybridized carbons (Fsp3) is 0.267. The van der Waals surface area contributed by atoms with Crippen molar-refractivity contribution in [1.29, 1.82) is 0 Å². The average Bonchev–Trinajstić information content (AvgIpc) is 2.99. The maximum Gasteiger partial charge on any atom is 0.228 e. The molecule has 1 saturated carbocycles. The van der Waals surface area contributed by atoms with E-state index in [1.54, 1.807) is 6.92 Å². The van der Waals surface area contributed by atoms with E-state index in [9.17, 15) is 4.79 Å². The number of carbonyl (C=O) groups is 1. The number of allylic oxidation sites excluding steroid dienone is 4. The molecule has 1 amide bonds. The van der Waals surface area contributed by atoms with Crippen LogP contribution in [0, 0.1) is 5.92 Å². The van der Waals surface area contributed by atoms with Gasteiger partial charge >= 0.3 is 0 Å². The molecule has 1 aromatic carbocycles. The van der Waals surface area contributed by atoms with Gasteiger partial charge in [0, 0.05) is 18.0 Å². The normalized spacial score (nSPS) is 31.5. The van der Waals surface area contributed by atoms with E-state index in [-0.39, 0.29) is 11.3 Å². The molecule has 1 spiro atoms. The van der Waals surface area contributed by atoms with Crippen LogP contribution in [0.4, 0.5) is 5.69 Å². The van der Waals surface area contributed by atoms with Crippen LogP contribution in [-0.2, 0) is 10.2 Å². The number of benzene rings is 1. The number of para-hydroxylation sites is 1. The SMILES string of the molecule is CC(=O)N1C2=CC=CC3CC23c2ccccc21. The Labute approximate surface area is 100 Å². The molecule has 84 valence electrons. The van der Waals surface area contributed by atoms with Gasteiger partial charge in [-0.15, -0.1) is 0 Å². The average molecular weight is 223 g/mol. The second kappa shape index (κ2) is 2.70. The number of fused-ring (bicyclic) bond motifs is 1. The van der Waals surface area contributed by atoms with Crippen molar-refractivity contribution >= 4 is 11.6 Å². The number of nitrogens with zero attached hydrogens (tertiary/aromatic N) is 1. The van der Waals surface area contributed by atoms with Gasteiger partial charge in [0.15, 0.2) is 0 Å². The summed E-state index contributed by atoms with van der Waals surface area (Å²) in [5.41, 5.74) is 3.71. The van der Waals surface area contributed by atoms with Crippen molar-refractivity contribution in [3.63, 3.8) is 0 Å². The van der Waals surface area contributed by atoms with E-state index < -0.39 is 0 Å². The standard InChI is InChI=1S/C15H13NO/c1-10(17)16-13-7-3-2-6-12(13)15-9-11(15)5-4-8-14(15)16/h2-8,11H,9H2,1H3. The molecule has 0 N–H and O–H groups in total. The van der Waals surface area contributed by atoms with E-state index in [1.807, 2.05) is 11.0 Å². The van der Waals surface area contributed by atoms with Gasteiger partial charge in [0.2, 0.25) is 5.91 Å². The van der Waals surface area contributed by atoms with E-state index >= 15 is 0 Å². The Balaban J connectivity index is 2.02. The van der Waals surface area contributed by atoms with Crippen molar-refractivity contribution in [3.8, 4) is 0 Å². The van der Waals surface area contributed by atoms with Crippen molar-refractivity contribution < 1.29 is 4.79 Å². The van der Waals surface area contributed by atoms with Crippen LogP contribution in [0.2, 0.25) is 0 Å². The molecular weight excluding hydrogens is 210 g/mol. The zero-order valence-electron chi connectivity index (χ0n) is 9.68. The summed E-state index contributed by atoms with van der Waals surface area (Å²) in [5.74, 6) is 0.703. The van der Waals surface area contributed by atoms with Crippen LogP contribution >= 0.6 is 0 Å². The maximum absolute atomic E-state index is 11.9. The Bertz CT molecular complexity index is 599. The van der Waals surface area contributed by atoms with Gasteiger partial charge in [-0.1, -0.05) is 30.4 Å². The first-order valence-corrected chi connectivity index (χ1v) is 6.04. The summed E-state index contributed by atoms with van der Waals surface area (Å²) in [7, 11) is 0. The number of rotatable bonds is 0. The Morgan fingerprint density at radius 2 is 2.24 bits per heavy atom. The van der Waals surface area contributed by atoms with Crippen LogP contribution in [0.15, 0.2) is 48.2 Å². The van der Waals surface area contributed by atoms with E-state index in [0.717, 1.165) is 12.1 Å². The predicted molar refractivity (Wildman–Crippen MR) is 66.6 cm³/mol. The summed E-state index contributed by atoms with van der Waals surface area (Å²) in [6.07, 6.45) is 7.61. The molecule has 0 bridgehead atoms. The number of anilines is 1.